The number of nitrogens with two attached hydrogens (primary N) is 1. The van der Waals surface area contributed by atoms with Crippen LogP contribution in [0.25, 0.3) is 0 Å². The second-order valence-corrected chi connectivity index (χ2v) is 5.76. The first-order chi connectivity index (χ1) is 7.06. The molecule has 1 heterocycles. The summed E-state index contributed by atoms with van der Waals surface area (Å²) in [5, 5.41) is 0.542. The Balaban J connectivity index is 2.50. The summed E-state index contributed by atoms with van der Waals surface area (Å²) in [5.41, 5.74) is 5.81. The molecule has 1 saturated heterocycles. The van der Waals surface area contributed by atoms with Crippen molar-refractivity contribution in [3.8, 4) is 0 Å². The van der Waals surface area contributed by atoms with E-state index >= 15 is 0 Å². The summed E-state index contributed by atoms with van der Waals surface area (Å²) in [5.74, 6) is 1.28. The van der Waals surface area contributed by atoms with E-state index in [1.54, 1.807) is 0 Å². The molecule has 0 aliphatic carbocycles. The molecule has 88 valence electrons. The van der Waals surface area contributed by atoms with Gasteiger partial charge in [0.25, 0.3) is 0 Å². The van der Waals surface area contributed by atoms with Crippen molar-refractivity contribution in [1.82, 2.24) is 4.90 Å². The molecule has 3 nitrogen and oxygen atoms in total. The molecule has 3 atom stereocenters. The van der Waals surface area contributed by atoms with Crippen molar-refractivity contribution in [1.29, 1.82) is 0 Å². The van der Waals surface area contributed by atoms with Crippen molar-refractivity contribution in [2.75, 3.05) is 12.3 Å². The van der Waals surface area contributed by atoms with E-state index in [0.717, 1.165) is 18.7 Å². The van der Waals surface area contributed by atoms with E-state index in [2.05, 4.69) is 13.8 Å². The van der Waals surface area contributed by atoms with Gasteiger partial charge in [0.15, 0.2) is 0 Å². The summed E-state index contributed by atoms with van der Waals surface area (Å²) in [6.07, 6.45) is 1.37. The fourth-order valence-corrected chi connectivity index (χ4v) is 2.87. The number of carbonyl (C=O) groups is 1. The van der Waals surface area contributed by atoms with Gasteiger partial charge in [0.1, 0.15) is 0 Å². The van der Waals surface area contributed by atoms with E-state index in [1.165, 1.54) is 0 Å². The molecule has 4 heteroatoms. The van der Waals surface area contributed by atoms with Crippen molar-refractivity contribution >= 4 is 17.7 Å². The predicted molar refractivity (Wildman–Crippen MR) is 66.0 cm³/mol. The summed E-state index contributed by atoms with van der Waals surface area (Å²) in [4.78, 5) is 14.0. The van der Waals surface area contributed by atoms with E-state index in [9.17, 15) is 4.79 Å². The second kappa shape index (κ2) is 5.75. The number of amides is 1. The van der Waals surface area contributed by atoms with Crippen molar-refractivity contribution in [2.24, 2.45) is 5.73 Å². The lowest BCUT2D eigenvalue weighted by Crippen LogP contribution is -2.49. The summed E-state index contributed by atoms with van der Waals surface area (Å²) in [6, 6.07) is 0.370. The van der Waals surface area contributed by atoms with Crippen molar-refractivity contribution in [2.45, 2.75) is 50.9 Å². The zero-order valence-corrected chi connectivity index (χ0v) is 10.7. The Morgan fingerprint density at radius 2 is 2.27 bits per heavy atom. The molecule has 0 aromatic carbocycles. The minimum Gasteiger partial charge on any atom is -0.338 e. The third kappa shape index (κ3) is 3.38. The van der Waals surface area contributed by atoms with E-state index in [-0.39, 0.29) is 11.9 Å². The molecule has 1 amide bonds. The highest BCUT2D eigenvalue weighted by atomic mass is 32.2. The third-order valence-electron chi connectivity index (χ3n) is 3.17. The average molecular weight is 230 g/mol. The quantitative estimate of drug-likeness (QED) is 0.798. The Kier molecular flexibility index (Phi) is 4.93. The molecule has 15 heavy (non-hydrogen) atoms. The lowest BCUT2D eigenvalue weighted by molar-refractivity contribution is -0.133. The maximum Gasteiger partial charge on any atom is 0.224 e. The molecule has 3 unspecified atom stereocenters. The Bertz CT molecular complexity index is 223. The maximum atomic E-state index is 12.0. The van der Waals surface area contributed by atoms with Gasteiger partial charge in [-0.25, -0.2) is 0 Å². The van der Waals surface area contributed by atoms with Crippen LogP contribution in [0.4, 0.5) is 0 Å². The van der Waals surface area contributed by atoms with Crippen LogP contribution in [0.3, 0.4) is 0 Å². The molecule has 0 spiro atoms. The van der Waals surface area contributed by atoms with E-state index in [0.29, 0.717) is 17.7 Å². The van der Waals surface area contributed by atoms with Gasteiger partial charge in [-0.05, 0) is 13.3 Å². The van der Waals surface area contributed by atoms with Gasteiger partial charge < -0.3 is 10.6 Å². The van der Waals surface area contributed by atoms with Gasteiger partial charge in [-0.1, -0.05) is 13.8 Å². The van der Waals surface area contributed by atoms with Crippen molar-refractivity contribution < 1.29 is 4.79 Å². The van der Waals surface area contributed by atoms with E-state index in [1.807, 2.05) is 23.6 Å². The van der Waals surface area contributed by atoms with Gasteiger partial charge in [0.05, 0.1) is 0 Å². The molecular formula is C11H22N2OS. The Morgan fingerprint density at radius 1 is 1.60 bits per heavy atom. The van der Waals surface area contributed by atoms with Gasteiger partial charge in [0.2, 0.25) is 5.91 Å². The fourth-order valence-electron chi connectivity index (χ4n) is 1.77. The van der Waals surface area contributed by atoms with Crippen LogP contribution in [0, 0.1) is 0 Å². The first kappa shape index (κ1) is 12.8. The number of rotatable bonds is 3. The molecule has 1 aliphatic heterocycles. The fraction of sp³-hybridized carbons (Fsp3) is 0.909. The number of thioether (sulfide) groups is 1. The van der Waals surface area contributed by atoms with Crippen LogP contribution in [0.5, 0.6) is 0 Å². The molecule has 2 N–H and O–H groups in total. The molecule has 1 fully saturated rings. The van der Waals surface area contributed by atoms with Gasteiger partial charge in [-0.2, -0.15) is 11.8 Å². The Labute approximate surface area is 96.8 Å². The van der Waals surface area contributed by atoms with Gasteiger partial charge in [0, 0.05) is 36.1 Å². The van der Waals surface area contributed by atoms with Gasteiger partial charge in [-0.3, -0.25) is 4.79 Å². The largest absolute Gasteiger partial charge is 0.338 e. The van der Waals surface area contributed by atoms with Gasteiger partial charge in [-0.15, -0.1) is 0 Å². The summed E-state index contributed by atoms with van der Waals surface area (Å²) < 4.78 is 0. The molecule has 0 radical (unpaired) electrons. The first-order valence-electron chi connectivity index (χ1n) is 5.73. The third-order valence-corrected chi connectivity index (χ3v) is 4.50. The monoisotopic (exact) mass is 230 g/mol. The first-order valence-corrected chi connectivity index (χ1v) is 6.77. The lowest BCUT2D eigenvalue weighted by Gasteiger charge is -2.38. The van der Waals surface area contributed by atoms with E-state index < -0.39 is 0 Å². The number of nitrogens with zero attached hydrogens (tertiary/aromatic N) is 1. The van der Waals surface area contributed by atoms with Gasteiger partial charge >= 0.3 is 0 Å². The summed E-state index contributed by atoms with van der Waals surface area (Å²) in [7, 11) is 0. The molecule has 0 saturated carbocycles. The Morgan fingerprint density at radius 3 is 2.87 bits per heavy atom. The predicted octanol–water partition coefficient (Wildman–Crippen LogP) is 1.47. The van der Waals surface area contributed by atoms with Crippen LogP contribution in [-0.4, -0.2) is 40.4 Å². The van der Waals surface area contributed by atoms with E-state index in [4.69, 9.17) is 5.73 Å². The summed E-state index contributed by atoms with van der Waals surface area (Å²) >= 11 is 1.95. The SMILES string of the molecule is CCC(N)CC(=O)N1CCSC(C)C1C. The highest BCUT2D eigenvalue weighted by molar-refractivity contribution is 8.00. The smallest absolute Gasteiger partial charge is 0.224 e. The molecule has 0 aromatic heterocycles. The van der Waals surface area contributed by atoms with Crippen molar-refractivity contribution in [3.05, 3.63) is 0 Å². The summed E-state index contributed by atoms with van der Waals surface area (Å²) in [6.45, 7) is 7.22. The van der Waals surface area contributed by atoms with Crippen molar-refractivity contribution in [3.63, 3.8) is 0 Å². The molecule has 0 bridgehead atoms. The molecular weight excluding hydrogens is 208 g/mol. The molecule has 1 rings (SSSR count). The molecule has 1 aliphatic rings. The second-order valence-electron chi connectivity index (χ2n) is 4.28. The normalized spacial score (nSPS) is 28.9. The van der Waals surface area contributed by atoms with Crippen LogP contribution in [0.2, 0.25) is 0 Å². The lowest BCUT2D eigenvalue weighted by atomic mass is 10.1. The topological polar surface area (TPSA) is 46.3 Å². The maximum absolute atomic E-state index is 12.0. The zero-order chi connectivity index (χ0) is 11.4. The minimum atomic E-state index is 0.0228. The standard InChI is InChI=1S/C11H22N2OS/c1-4-10(12)7-11(14)13-5-6-15-9(3)8(13)2/h8-10H,4-7,12H2,1-3H3. The number of hydrogen-bond acceptors (Lipinski definition) is 3. The highest BCUT2D eigenvalue weighted by Gasteiger charge is 2.28. The minimum absolute atomic E-state index is 0.0228. The number of hydrogen-bond donors (Lipinski definition) is 1. The van der Waals surface area contributed by atoms with Crippen LogP contribution in [0.1, 0.15) is 33.6 Å². The zero-order valence-electron chi connectivity index (χ0n) is 9.90. The van der Waals surface area contributed by atoms with Crippen LogP contribution < -0.4 is 5.73 Å². The van der Waals surface area contributed by atoms with Crippen LogP contribution >= 0.6 is 11.8 Å². The number of carbonyl (C=O) groups excluding carboxylic acids is 1. The average Bonchev–Trinajstić information content (AvgIpc) is 2.21. The molecule has 0 aromatic rings. The van der Waals surface area contributed by atoms with Crippen LogP contribution in [0.15, 0.2) is 0 Å². The Hall–Kier alpha value is -0.220. The highest BCUT2D eigenvalue weighted by Crippen LogP contribution is 2.24. The van der Waals surface area contributed by atoms with Crippen LogP contribution in [-0.2, 0) is 4.79 Å².